The monoisotopic (exact) mass is 225 g/mol. The fourth-order valence-electron chi connectivity index (χ4n) is 3.06. The van der Waals surface area contributed by atoms with E-state index in [0.717, 1.165) is 12.0 Å². The second-order valence-corrected chi connectivity index (χ2v) is 5.33. The van der Waals surface area contributed by atoms with Crippen molar-refractivity contribution >= 4 is 0 Å². The van der Waals surface area contributed by atoms with Crippen LogP contribution in [0.4, 0.5) is 0 Å². The first-order valence-electron chi connectivity index (χ1n) is 7.05. The molecule has 2 aliphatic heterocycles. The summed E-state index contributed by atoms with van der Waals surface area (Å²) in [5.74, 6) is 0.938. The van der Waals surface area contributed by atoms with Crippen molar-refractivity contribution in [3.63, 3.8) is 0 Å². The summed E-state index contributed by atoms with van der Waals surface area (Å²) in [7, 11) is 0. The summed E-state index contributed by atoms with van der Waals surface area (Å²) in [5, 5.41) is 6.95. The van der Waals surface area contributed by atoms with Crippen molar-refractivity contribution in [3.8, 4) is 0 Å². The minimum Gasteiger partial charge on any atom is -0.317 e. The molecule has 0 radical (unpaired) electrons. The van der Waals surface area contributed by atoms with Crippen LogP contribution in [0, 0.1) is 5.92 Å². The quantitative estimate of drug-likeness (QED) is 0.732. The molecule has 2 N–H and O–H groups in total. The summed E-state index contributed by atoms with van der Waals surface area (Å²) >= 11 is 0. The molecule has 3 nitrogen and oxygen atoms in total. The van der Waals surface area contributed by atoms with Crippen LogP contribution in [0.25, 0.3) is 0 Å². The van der Waals surface area contributed by atoms with Gasteiger partial charge in [0.05, 0.1) is 0 Å². The number of rotatable bonds is 5. The molecular weight excluding hydrogens is 198 g/mol. The lowest BCUT2D eigenvalue weighted by Gasteiger charge is -2.33. The van der Waals surface area contributed by atoms with Crippen LogP contribution in [0.1, 0.15) is 32.6 Å². The van der Waals surface area contributed by atoms with Gasteiger partial charge in [0.1, 0.15) is 0 Å². The second-order valence-electron chi connectivity index (χ2n) is 5.33. The van der Waals surface area contributed by atoms with Crippen molar-refractivity contribution in [1.29, 1.82) is 0 Å². The maximum atomic E-state index is 3.49. The van der Waals surface area contributed by atoms with Crippen molar-refractivity contribution in [2.75, 3.05) is 39.3 Å². The van der Waals surface area contributed by atoms with Gasteiger partial charge in [0, 0.05) is 19.1 Å². The Balaban J connectivity index is 1.80. The molecular formula is C13H27N3. The van der Waals surface area contributed by atoms with E-state index in [2.05, 4.69) is 22.5 Å². The van der Waals surface area contributed by atoms with Crippen molar-refractivity contribution < 1.29 is 0 Å². The van der Waals surface area contributed by atoms with Gasteiger partial charge >= 0.3 is 0 Å². The van der Waals surface area contributed by atoms with Crippen molar-refractivity contribution in [1.82, 2.24) is 15.5 Å². The van der Waals surface area contributed by atoms with E-state index in [1.54, 1.807) is 0 Å². The van der Waals surface area contributed by atoms with E-state index in [9.17, 15) is 0 Å². The Morgan fingerprint density at radius 1 is 1.06 bits per heavy atom. The van der Waals surface area contributed by atoms with Crippen LogP contribution in [0.5, 0.6) is 0 Å². The van der Waals surface area contributed by atoms with Crippen molar-refractivity contribution in [2.45, 2.75) is 38.6 Å². The highest BCUT2D eigenvalue weighted by molar-refractivity contribution is 4.83. The molecule has 2 saturated heterocycles. The highest BCUT2D eigenvalue weighted by Gasteiger charge is 2.24. The zero-order valence-corrected chi connectivity index (χ0v) is 10.7. The average molecular weight is 225 g/mol. The van der Waals surface area contributed by atoms with E-state index >= 15 is 0 Å². The van der Waals surface area contributed by atoms with E-state index < -0.39 is 0 Å². The number of piperidine rings is 1. The van der Waals surface area contributed by atoms with Gasteiger partial charge in [-0.2, -0.15) is 0 Å². The lowest BCUT2D eigenvalue weighted by Crippen LogP contribution is -2.42. The molecule has 0 aromatic heterocycles. The predicted octanol–water partition coefficient (Wildman–Crippen LogP) is 1.06. The second kappa shape index (κ2) is 6.58. The van der Waals surface area contributed by atoms with Gasteiger partial charge in [-0.25, -0.2) is 0 Å². The van der Waals surface area contributed by atoms with Gasteiger partial charge in [0.15, 0.2) is 0 Å². The molecule has 0 aromatic carbocycles. The Labute approximate surface area is 100.0 Å². The summed E-state index contributed by atoms with van der Waals surface area (Å²) in [6, 6.07) is 0.815. The largest absolute Gasteiger partial charge is 0.317 e. The van der Waals surface area contributed by atoms with Gasteiger partial charge in [-0.3, -0.25) is 4.90 Å². The molecule has 2 aliphatic rings. The molecule has 0 spiro atoms. The van der Waals surface area contributed by atoms with Gasteiger partial charge in [-0.15, -0.1) is 0 Å². The molecule has 1 unspecified atom stereocenters. The third kappa shape index (κ3) is 3.44. The lowest BCUT2D eigenvalue weighted by atomic mass is 9.96. The number of nitrogens with zero attached hydrogens (tertiary/aromatic N) is 1. The Bertz CT molecular complexity index is 184. The van der Waals surface area contributed by atoms with Crippen LogP contribution in [0.15, 0.2) is 0 Å². The number of hydrogen-bond donors (Lipinski definition) is 2. The molecule has 16 heavy (non-hydrogen) atoms. The summed E-state index contributed by atoms with van der Waals surface area (Å²) in [6.07, 6.45) is 5.40. The maximum absolute atomic E-state index is 3.49. The van der Waals surface area contributed by atoms with Gasteiger partial charge < -0.3 is 10.6 Å². The molecule has 0 aromatic rings. The van der Waals surface area contributed by atoms with Crippen LogP contribution >= 0.6 is 0 Å². The highest BCUT2D eigenvalue weighted by atomic mass is 15.2. The molecule has 2 heterocycles. The Hall–Kier alpha value is -0.120. The number of hydrogen-bond acceptors (Lipinski definition) is 3. The topological polar surface area (TPSA) is 27.3 Å². The molecule has 0 aliphatic carbocycles. The highest BCUT2D eigenvalue weighted by Crippen LogP contribution is 2.17. The van der Waals surface area contributed by atoms with E-state index in [1.165, 1.54) is 65.0 Å². The molecule has 0 bridgehead atoms. The normalized spacial score (nSPS) is 27.8. The van der Waals surface area contributed by atoms with Gasteiger partial charge in [0.2, 0.25) is 0 Å². The van der Waals surface area contributed by atoms with Crippen molar-refractivity contribution in [3.05, 3.63) is 0 Å². The summed E-state index contributed by atoms with van der Waals surface area (Å²) in [4.78, 5) is 2.75. The van der Waals surface area contributed by atoms with E-state index in [-0.39, 0.29) is 0 Å². The van der Waals surface area contributed by atoms with Gasteiger partial charge in [0.25, 0.3) is 0 Å². The minimum absolute atomic E-state index is 0.815. The zero-order valence-electron chi connectivity index (χ0n) is 10.7. The average Bonchev–Trinajstić information content (AvgIpc) is 2.83. The van der Waals surface area contributed by atoms with Gasteiger partial charge in [-0.1, -0.05) is 6.92 Å². The van der Waals surface area contributed by atoms with Crippen LogP contribution < -0.4 is 10.6 Å². The summed E-state index contributed by atoms with van der Waals surface area (Å²) < 4.78 is 0. The Kier molecular flexibility index (Phi) is 5.07. The van der Waals surface area contributed by atoms with Crippen LogP contribution in [0.2, 0.25) is 0 Å². The first-order valence-corrected chi connectivity index (χ1v) is 7.05. The Morgan fingerprint density at radius 3 is 2.44 bits per heavy atom. The Morgan fingerprint density at radius 2 is 1.81 bits per heavy atom. The molecule has 94 valence electrons. The minimum atomic E-state index is 0.815. The molecule has 1 atom stereocenters. The molecule has 3 heteroatoms. The first kappa shape index (κ1) is 12.3. The summed E-state index contributed by atoms with van der Waals surface area (Å²) in [6.45, 7) is 9.82. The fraction of sp³-hybridized carbons (Fsp3) is 1.00. The van der Waals surface area contributed by atoms with E-state index in [1.807, 2.05) is 0 Å². The predicted molar refractivity (Wildman–Crippen MR) is 68.7 cm³/mol. The smallest absolute Gasteiger partial charge is 0.0232 e. The lowest BCUT2D eigenvalue weighted by molar-refractivity contribution is 0.160. The third-order valence-corrected chi connectivity index (χ3v) is 4.01. The SMILES string of the molecule is CCCN(CC1CCNCC1)C1CCNC1. The van der Waals surface area contributed by atoms with Crippen LogP contribution in [-0.2, 0) is 0 Å². The van der Waals surface area contributed by atoms with Crippen LogP contribution in [0.3, 0.4) is 0 Å². The van der Waals surface area contributed by atoms with Crippen molar-refractivity contribution in [2.24, 2.45) is 5.92 Å². The van der Waals surface area contributed by atoms with Crippen LogP contribution in [-0.4, -0.2) is 50.2 Å². The molecule has 2 rings (SSSR count). The molecule has 0 amide bonds. The number of nitrogens with one attached hydrogen (secondary N) is 2. The third-order valence-electron chi connectivity index (χ3n) is 4.01. The van der Waals surface area contributed by atoms with E-state index in [4.69, 9.17) is 0 Å². The fourth-order valence-corrected chi connectivity index (χ4v) is 3.06. The standard InChI is InChI=1S/C13H27N3/c1-2-9-16(13-5-8-15-10-13)11-12-3-6-14-7-4-12/h12-15H,2-11H2,1H3. The molecule has 2 fully saturated rings. The maximum Gasteiger partial charge on any atom is 0.0232 e. The summed E-state index contributed by atoms with van der Waals surface area (Å²) in [5.41, 5.74) is 0. The van der Waals surface area contributed by atoms with Gasteiger partial charge in [-0.05, 0) is 57.8 Å². The first-order chi connectivity index (χ1) is 7.90. The van der Waals surface area contributed by atoms with E-state index in [0.29, 0.717) is 0 Å². The molecule has 0 saturated carbocycles. The zero-order chi connectivity index (χ0) is 11.2.